The molecule has 0 fully saturated rings. The fraction of sp³-hybridized carbons (Fsp3) is 0.235. The number of halogens is 1. The van der Waals surface area contributed by atoms with Crippen LogP contribution in [0.15, 0.2) is 36.4 Å². The smallest absolute Gasteiger partial charge is 0.337 e. The van der Waals surface area contributed by atoms with E-state index in [-0.39, 0.29) is 5.97 Å². The molecule has 0 aliphatic heterocycles. The van der Waals surface area contributed by atoms with Crippen LogP contribution in [0.1, 0.15) is 27.0 Å². The summed E-state index contributed by atoms with van der Waals surface area (Å²) in [4.78, 5) is 11.5. The first-order valence-electron chi connectivity index (χ1n) is 6.68. The Kier molecular flexibility index (Phi) is 4.86. The molecular formula is C17H18ClNO2. The number of hydrogen-bond donors (Lipinski definition) is 1. The van der Waals surface area contributed by atoms with Crippen LogP contribution in [0.3, 0.4) is 0 Å². The average Bonchev–Trinajstić information content (AvgIpc) is 2.44. The molecule has 21 heavy (non-hydrogen) atoms. The van der Waals surface area contributed by atoms with Gasteiger partial charge in [0.2, 0.25) is 0 Å². The van der Waals surface area contributed by atoms with Crippen LogP contribution in [0.5, 0.6) is 0 Å². The third-order valence-electron chi connectivity index (χ3n) is 3.15. The monoisotopic (exact) mass is 303 g/mol. The largest absolute Gasteiger partial charge is 0.465 e. The molecule has 0 heterocycles. The van der Waals surface area contributed by atoms with Gasteiger partial charge in [0.1, 0.15) is 0 Å². The summed E-state index contributed by atoms with van der Waals surface area (Å²) in [5.74, 6) is -0.374. The van der Waals surface area contributed by atoms with E-state index in [0.717, 1.165) is 5.69 Å². The van der Waals surface area contributed by atoms with Crippen LogP contribution < -0.4 is 5.32 Å². The highest BCUT2D eigenvalue weighted by Crippen LogP contribution is 2.24. The number of aryl methyl sites for hydroxylation is 2. The van der Waals surface area contributed by atoms with Crippen molar-refractivity contribution in [3.05, 3.63) is 63.7 Å². The van der Waals surface area contributed by atoms with E-state index in [1.807, 2.05) is 0 Å². The van der Waals surface area contributed by atoms with E-state index >= 15 is 0 Å². The van der Waals surface area contributed by atoms with E-state index < -0.39 is 0 Å². The van der Waals surface area contributed by atoms with Crippen LogP contribution >= 0.6 is 11.6 Å². The zero-order valence-electron chi connectivity index (χ0n) is 12.4. The minimum atomic E-state index is -0.374. The van der Waals surface area contributed by atoms with Crippen molar-refractivity contribution < 1.29 is 9.53 Å². The lowest BCUT2D eigenvalue weighted by Crippen LogP contribution is -2.05. The molecule has 0 atom stereocenters. The molecule has 0 amide bonds. The minimum Gasteiger partial charge on any atom is -0.465 e. The van der Waals surface area contributed by atoms with E-state index in [1.54, 1.807) is 18.2 Å². The molecule has 0 bridgehead atoms. The van der Waals surface area contributed by atoms with Crippen LogP contribution in [0.25, 0.3) is 0 Å². The van der Waals surface area contributed by atoms with Crippen molar-refractivity contribution in [3.63, 3.8) is 0 Å². The molecule has 1 N–H and O–H groups in total. The molecule has 0 aromatic heterocycles. The SMILES string of the molecule is COC(=O)c1ccc(Cl)c(NCc2cc(C)cc(C)c2)c1. The number of hydrogen-bond acceptors (Lipinski definition) is 3. The summed E-state index contributed by atoms with van der Waals surface area (Å²) in [6.07, 6.45) is 0. The van der Waals surface area contributed by atoms with Gasteiger partial charge >= 0.3 is 5.97 Å². The lowest BCUT2D eigenvalue weighted by molar-refractivity contribution is 0.0601. The molecule has 110 valence electrons. The molecule has 0 radical (unpaired) electrons. The average molecular weight is 304 g/mol. The maximum Gasteiger partial charge on any atom is 0.337 e. The molecule has 0 spiro atoms. The number of rotatable bonds is 4. The van der Waals surface area contributed by atoms with Crippen molar-refractivity contribution in [2.45, 2.75) is 20.4 Å². The number of methoxy groups -OCH3 is 1. The molecule has 2 rings (SSSR count). The highest BCUT2D eigenvalue weighted by molar-refractivity contribution is 6.33. The van der Waals surface area contributed by atoms with Gasteiger partial charge in [-0.15, -0.1) is 0 Å². The van der Waals surface area contributed by atoms with Gasteiger partial charge in [-0.05, 0) is 37.6 Å². The molecule has 2 aromatic carbocycles. The fourth-order valence-corrected chi connectivity index (χ4v) is 2.46. The third-order valence-corrected chi connectivity index (χ3v) is 3.48. The van der Waals surface area contributed by atoms with Crippen LogP contribution in [0, 0.1) is 13.8 Å². The quantitative estimate of drug-likeness (QED) is 0.853. The Morgan fingerprint density at radius 1 is 1.14 bits per heavy atom. The van der Waals surface area contributed by atoms with Gasteiger partial charge in [0.05, 0.1) is 23.4 Å². The highest BCUT2D eigenvalue weighted by atomic mass is 35.5. The molecule has 2 aromatic rings. The fourth-order valence-electron chi connectivity index (χ4n) is 2.27. The van der Waals surface area contributed by atoms with Crippen molar-refractivity contribution in [2.75, 3.05) is 12.4 Å². The number of carbonyl (C=O) groups excluding carboxylic acids is 1. The van der Waals surface area contributed by atoms with Crippen LogP contribution in [0.4, 0.5) is 5.69 Å². The van der Waals surface area contributed by atoms with Gasteiger partial charge in [0.25, 0.3) is 0 Å². The van der Waals surface area contributed by atoms with E-state index in [2.05, 4.69) is 37.4 Å². The molecule has 0 saturated carbocycles. The summed E-state index contributed by atoms with van der Waals surface area (Å²) in [6.45, 7) is 4.79. The number of esters is 1. The van der Waals surface area contributed by atoms with Gasteiger partial charge in [-0.3, -0.25) is 0 Å². The van der Waals surface area contributed by atoms with Gasteiger partial charge in [-0.2, -0.15) is 0 Å². The second kappa shape index (κ2) is 6.64. The highest BCUT2D eigenvalue weighted by Gasteiger charge is 2.09. The predicted molar refractivity (Wildman–Crippen MR) is 86.0 cm³/mol. The first-order chi connectivity index (χ1) is 9.99. The normalized spacial score (nSPS) is 10.3. The number of ether oxygens (including phenoxy) is 1. The maximum atomic E-state index is 11.5. The van der Waals surface area contributed by atoms with Gasteiger partial charge in [-0.1, -0.05) is 40.9 Å². The summed E-state index contributed by atoms with van der Waals surface area (Å²) >= 11 is 6.16. The van der Waals surface area contributed by atoms with E-state index in [9.17, 15) is 4.79 Å². The van der Waals surface area contributed by atoms with Gasteiger partial charge in [0.15, 0.2) is 0 Å². The summed E-state index contributed by atoms with van der Waals surface area (Å²) in [6, 6.07) is 11.4. The first-order valence-corrected chi connectivity index (χ1v) is 7.06. The zero-order chi connectivity index (χ0) is 15.4. The minimum absolute atomic E-state index is 0.374. The van der Waals surface area contributed by atoms with Crippen molar-refractivity contribution in [1.29, 1.82) is 0 Å². The molecule has 3 nitrogen and oxygen atoms in total. The molecular weight excluding hydrogens is 286 g/mol. The Labute approximate surface area is 129 Å². The number of carbonyl (C=O) groups is 1. The predicted octanol–water partition coefficient (Wildman–Crippen LogP) is 4.36. The van der Waals surface area contributed by atoms with Crippen LogP contribution in [-0.4, -0.2) is 13.1 Å². The second-order valence-corrected chi connectivity index (χ2v) is 5.44. The van der Waals surface area contributed by atoms with Crippen LogP contribution in [-0.2, 0) is 11.3 Å². The molecule has 0 aliphatic carbocycles. The van der Waals surface area contributed by atoms with Gasteiger partial charge in [-0.25, -0.2) is 4.79 Å². The van der Waals surface area contributed by atoms with Crippen molar-refractivity contribution in [1.82, 2.24) is 0 Å². The summed E-state index contributed by atoms with van der Waals surface area (Å²) in [5.41, 5.74) is 4.82. The van der Waals surface area contributed by atoms with Gasteiger partial charge < -0.3 is 10.1 Å². The zero-order valence-corrected chi connectivity index (χ0v) is 13.1. The molecule has 0 unspecified atom stereocenters. The third kappa shape index (κ3) is 3.99. The molecule has 0 saturated heterocycles. The number of nitrogens with one attached hydrogen (secondary N) is 1. The van der Waals surface area contributed by atoms with Crippen molar-refractivity contribution in [2.24, 2.45) is 0 Å². The summed E-state index contributed by atoms with van der Waals surface area (Å²) < 4.78 is 4.72. The Morgan fingerprint density at radius 2 is 1.81 bits per heavy atom. The summed E-state index contributed by atoms with van der Waals surface area (Å²) in [5, 5.41) is 3.84. The Balaban J connectivity index is 2.17. The maximum absolute atomic E-state index is 11.5. The second-order valence-electron chi connectivity index (χ2n) is 5.04. The lowest BCUT2D eigenvalue weighted by atomic mass is 10.1. The number of anilines is 1. The van der Waals surface area contributed by atoms with E-state index in [1.165, 1.54) is 23.8 Å². The topological polar surface area (TPSA) is 38.3 Å². The van der Waals surface area contributed by atoms with Crippen molar-refractivity contribution >= 4 is 23.3 Å². The van der Waals surface area contributed by atoms with Crippen LogP contribution in [0.2, 0.25) is 5.02 Å². The Morgan fingerprint density at radius 3 is 2.43 bits per heavy atom. The molecule has 4 heteroatoms. The van der Waals surface area contributed by atoms with E-state index in [0.29, 0.717) is 17.1 Å². The Hall–Kier alpha value is -2.00. The lowest BCUT2D eigenvalue weighted by Gasteiger charge is -2.11. The molecule has 0 aliphatic rings. The number of benzene rings is 2. The summed E-state index contributed by atoms with van der Waals surface area (Å²) in [7, 11) is 1.36. The standard InChI is InChI=1S/C17H18ClNO2/c1-11-6-12(2)8-13(7-11)10-19-16-9-14(17(20)21-3)4-5-15(16)18/h4-9,19H,10H2,1-3H3. The Bertz CT molecular complexity index is 648. The van der Waals surface area contributed by atoms with Gasteiger partial charge in [0, 0.05) is 6.54 Å². The van der Waals surface area contributed by atoms with E-state index in [4.69, 9.17) is 16.3 Å². The van der Waals surface area contributed by atoms with Crippen molar-refractivity contribution in [3.8, 4) is 0 Å². The first kappa shape index (κ1) is 15.4.